The van der Waals surface area contributed by atoms with Gasteiger partial charge in [-0.15, -0.1) is 0 Å². The molecule has 3 N–H and O–H groups in total. The molecule has 0 fully saturated rings. The van der Waals surface area contributed by atoms with Crippen LogP contribution in [-0.2, 0) is 11.3 Å². The Bertz CT molecular complexity index is 391. The minimum atomic E-state index is -4.81. The molecule has 1 heterocycles. The standard InChI is InChI=1S/C9H11F3N4O/c1-8(13,9(10,11)12)7(17)14-5-6-3-2-4-15-16-6/h2-4H,5,13H2,1H3,(H,14,17). The van der Waals surface area contributed by atoms with Crippen LogP contribution in [0, 0.1) is 0 Å². The molecule has 0 bridgehead atoms. The molecule has 1 aromatic heterocycles. The van der Waals surface area contributed by atoms with Gasteiger partial charge in [-0.1, -0.05) is 0 Å². The second kappa shape index (κ2) is 4.66. The molecule has 0 saturated carbocycles. The average molecular weight is 248 g/mol. The second-order valence-electron chi connectivity index (χ2n) is 3.60. The molecule has 1 aromatic rings. The maximum atomic E-state index is 12.4. The molecule has 94 valence electrons. The fourth-order valence-electron chi connectivity index (χ4n) is 0.911. The van der Waals surface area contributed by atoms with Crippen LogP contribution in [0.25, 0.3) is 0 Å². The van der Waals surface area contributed by atoms with Crippen molar-refractivity contribution in [3.63, 3.8) is 0 Å². The van der Waals surface area contributed by atoms with Gasteiger partial charge >= 0.3 is 6.18 Å². The van der Waals surface area contributed by atoms with Crippen molar-refractivity contribution in [3.8, 4) is 0 Å². The molecule has 17 heavy (non-hydrogen) atoms. The molecule has 0 aromatic carbocycles. The minimum Gasteiger partial charge on any atom is -0.348 e. The van der Waals surface area contributed by atoms with Crippen LogP contribution in [0.2, 0.25) is 0 Å². The smallest absolute Gasteiger partial charge is 0.348 e. The Balaban J connectivity index is 2.62. The SMILES string of the molecule is CC(N)(C(=O)NCc1cccnn1)C(F)(F)F. The van der Waals surface area contributed by atoms with Crippen LogP contribution in [0.1, 0.15) is 12.6 Å². The predicted octanol–water partition coefficient (Wildman–Crippen LogP) is 0.372. The molecule has 1 amide bonds. The average Bonchev–Trinajstić information content (AvgIpc) is 2.25. The molecule has 0 aliphatic carbocycles. The van der Waals surface area contributed by atoms with Gasteiger partial charge in [0.15, 0.2) is 5.54 Å². The fraction of sp³-hybridized carbons (Fsp3) is 0.444. The zero-order valence-electron chi connectivity index (χ0n) is 8.95. The number of aromatic nitrogens is 2. The molecule has 0 aliphatic rings. The van der Waals surface area contributed by atoms with Gasteiger partial charge in [0.05, 0.1) is 12.2 Å². The molecule has 1 rings (SSSR count). The first-order chi connectivity index (χ1) is 7.75. The lowest BCUT2D eigenvalue weighted by Crippen LogP contribution is -2.61. The van der Waals surface area contributed by atoms with Crippen LogP contribution < -0.4 is 11.1 Å². The molecule has 0 aliphatic heterocycles. The lowest BCUT2D eigenvalue weighted by Gasteiger charge is -2.25. The summed E-state index contributed by atoms with van der Waals surface area (Å²) in [6.45, 7) is 0.453. The van der Waals surface area contributed by atoms with E-state index in [-0.39, 0.29) is 6.54 Å². The highest BCUT2D eigenvalue weighted by Crippen LogP contribution is 2.27. The number of carbonyl (C=O) groups excluding carboxylic acids is 1. The van der Waals surface area contributed by atoms with Gasteiger partial charge in [0.1, 0.15) is 0 Å². The number of halogens is 3. The van der Waals surface area contributed by atoms with E-state index >= 15 is 0 Å². The number of hydrogen-bond donors (Lipinski definition) is 2. The number of carbonyl (C=O) groups is 1. The molecule has 5 nitrogen and oxygen atoms in total. The molecule has 1 unspecified atom stereocenters. The first-order valence-corrected chi connectivity index (χ1v) is 4.65. The second-order valence-corrected chi connectivity index (χ2v) is 3.60. The van der Waals surface area contributed by atoms with E-state index in [2.05, 4.69) is 15.5 Å². The van der Waals surface area contributed by atoms with E-state index in [0.717, 1.165) is 0 Å². The van der Waals surface area contributed by atoms with Crippen molar-refractivity contribution >= 4 is 5.91 Å². The summed E-state index contributed by atoms with van der Waals surface area (Å²) in [6, 6.07) is 3.08. The van der Waals surface area contributed by atoms with Crippen LogP contribution in [0.5, 0.6) is 0 Å². The van der Waals surface area contributed by atoms with Crippen LogP contribution in [0.3, 0.4) is 0 Å². The summed E-state index contributed by atoms with van der Waals surface area (Å²) in [5.74, 6) is -1.31. The monoisotopic (exact) mass is 248 g/mol. The molecular weight excluding hydrogens is 237 g/mol. The maximum absolute atomic E-state index is 12.4. The Morgan fingerprint density at radius 1 is 1.53 bits per heavy atom. The predicted molar refractivity (Wildman–Crippen MR) is 52.5 cm³/mol. The molecule has 1 atom stereocenters. The summed E-state index contributed by atoms with van der Waals surface area (Å²) in [7, 11) is 0. The lowest BCUT2D eigenvalue weighted by molar-refractivity contribution is -0.187. The topological polar surface area (TPSA) is 80.9 Å². The van der Waals surface area contributed by atoms with E-state index in [1.165, 1.54) is 12.3 Å². The van der Waals surface area contributed by atoms with Crippen molar-refractivity contribution in [3.05, 3.63) is 24.0 Å². The Kier molecular flexibility index (Phi) is 3.66. The van der Waals surface area contributed by atoms with Gasteiger partial charge in [-0.2, -0.15) is 23.4 Å². The molecular formula is C9H11F3N4O. The van der Waals surface area contributed by atoms with Crippen molar-refractivity contribution in [2.24, 2.45) is 5.73 Å². The number of hydrogen-bond acceptors (Lipinski definition) is 4. The van der Waals surface area contributed by atoms with Gasteiger partial charge in [0, 0.05) is 6.20 Å². The lowest BCUT2D eigenvalue weighted by atomic mass is 10.0. The summed E-state index contributed by atoms with van der Waals surface area (Å²) in [4.78, 5) is 11.3. The first kappa shape index (κ1) is 13.4. The summed E-state index contributed by atoms with van der Waals surface area (Å²) in [5, 5.41) is 9.19. The number of nitrogens with one attached hydrogen (secondary N) is 1. The van der Waals surface area contributed by atoms with Gasteiger partial charge in [0.25, 0.3) is 0 Å². The highest BCUT2D eigenvalue weighted by Gasteiger charge is 2.53. The van der Waals surface area contributed by atoms with E-state index in [9.17, 15) is 18.0 Å². The number of nitrogens with two attached hydrogens (primary N) is 1. The third kappa shape index (κ3) is 3.13. The fourth-order valence-corrected chi connectivity index (χ4v) is 0.911. The van der Waals surface area contributed by atoms with Crippen molar-refractivity contribution in [1.82, 2.24) is 15.5 Å². The van der Waals surface area contributed by atoms with Crippen molar-refractivity contribution in [2.45, 2.75) is 25.2 Å². The van der Waals surface area contributed by atoms with E-state index in [1.807, 2.05) is 0 Å². The largest absolute Gasteiger partial charge is 0.415 e. The van der Waals surface area contributed by atoms with Crippen molar-refractivity contribution in [1.29, 1.82) is 0 Å². The Hall–Kier alpha value is -1.70. The van der Waals surface area contributed by atoms with Crippen molar-refractivity contribution < 1.29 is 18.0 Å². The molecule has 0 spiro atoms. The number of rotatable bonds is 3. The normalized spacial score (nSPS) is 15.1. The van der Waals surface area contributed by atoms with Crippen LogP contribution in [-0.4, -0.2) is 27.8 Å². The maximum Gasteiger partial charge on any atom is 0.415 e. The third-order valence-electron chi connectivity index (χ3n) is 2.12. The summed E-state index contributed by atoms with van der Waals surface area (Å²) >= 11 is 0. The minimum absolute atomic E-state index is 0.157. The Labute approximate surface area is 95.2 Å². The van der Waals surface area contributed by atoms with Gasteiger partial charge in [-0.25, -0.2) is 0 Å². The van der Waals surface area contributed by atoms with Gasteiger partial charge in [0.2, 0.25) is 5.91 Å². The van der Waals surface area contributed by atoms with E-state index < -0.39 is 17.6 Å². The Morgan fingerprint density at radius 3 is 2.65 bits per heavy atom. The Morgan fingerprint density at radius 2 is 2.18 bits per heavy atom. The highest BCUT2D eigenvalue weighted by atomic mass is 19.4. The van der Waals surface area contributed by atoms with Gasteiger partial charge in [-0.05, 0) is 19.1 Å². The molecule has 8 heteroatoms. The van der Waals surface area contributed by atoms with Crippen LogP contribution >= 0.6 is 0 Å². The first-order valence-electron chi connectivity index (χ1n) is 4.65. The van der Waals surface area contributed by atoms with E-state index in [0.29, 0.717) is 12.6 Å². The summed E-state index contributed by atoms with van der Waals surface area (Å²) in [6.07, 6.45) is -3.40. The number of amides is 1. The zero-order chi connectivity index (χ0) is 13.1. The highest BCUT2D eigenvalue weighted by molar-refractivity contribution is 5.86. The molecule has 0 saturated heterocycles. The van der Waals surface area contributed by atoms with E-state index in [1.54, 1.807) is 6.07 Å². The zero-order valence-corrected chi connectivity index (χ0v) is 8.95. The quantitative estimate of drug-likeness (QED) is 0.810. The van der Waals surface area contributed by atoms with Gasteiger partial charge in [-0.3, -0.25) is 4.79 Å². The molecule has 0 radical (unpaired) electrons. The van der Waals surface area contributed by atoms with E-state index in [4.69, 9.17) is 5.73 Å². The summed E-state index contributed by atoms with van der Waals surface area (Å²) < 4.78 is 37.2. The van der Waals surface area contributed by atoms with Crippen LogP contribution in [0.4, 0.5) is 13.2 Å². The van der Waals surface area contributed by atoms with Crippen molar-refractivity contribution in [2.75, 3.05) is 0 Å². The van der Waals surface area contributed by atoms with Gasteiger partial charge < -0.3 is 11.1 Å². The summed E-state index contributed by atoms with van der Waals surface area (Å²) in [5.41, 5.74) is 2.35. The van der Waals surface area contributed by atoms with Crippen LogP contribution in [0.15, 0.2) is 18.3 Å². The third-order valence-corrected chi connectivity index (χ3v) is 2.12. The number of alkyl halides is 3. The number of nitrogens with zero attached hydrogens (tertiary/aromatic N) is 2.